The minimum Gasteiger partial charge on any atom is -0.493 e. The van der Waals surface area contributed by atoms with Crippen molar-refractivity contribution in [2.24, 2.45) is 11.7 Å². The van der Waals surface area contributed by atoms with E-state index in [-0.39, 0.29) is 29.8 Å². The molecule has 51 heavy (non-hydrogen) atoms. The highest BCUT2D eigenvalue weighted by Gasteiger charge is 2.50. The lowest BCUT2D eigenvalue weighted by Gasteiger charge is -2.35. The summed E-state index contributed by atoms with van der Waals surface area (Å²) in [7, 11) is -4.54. The highest BCUT2D eigenvalue weighted by atomic mass is 32.2. The van der Waals surface area contributed by atoms with Gasteiger partial charge in [0.1, 0.15) is 17.2 Å². The zero-order valence-electron chi connectivity index (χ0n) is 27.5. The first kappa shape index (κ1) is 39.5. The third kappa shape index (κ3) is 11.4. The highest BCUT2D eigenvalue weighted by Crippen LogP contribution is 2.37. The maximum absolute atomic E-state index is 16.3. The van der Waals surface area contributed by atoms with Gasteiger partial charge in [0.25, 0.3) is 5.92 Å². The average molecular weight is 742 g/mol. The number of piperidine rings is 1. The summed E-state index contributed by atoms with van der Waals surface area (Å²) in [5, 5.41) is 7.12. The van der Waals surface area contributed by atoms with Crippen LogP contribution >= 0.6 is 0 Å². The quantitative estimate of drug-likeness (QED) is 0.190. The van der Waals surface area contributed by atoms with E-state index in [1.54, 1.807) is 30.3 Å². The maximum atomic E-state index is 16.3. The van der Waals surface area contributed by atoms with Crippen molar-refractivity contribution in [1.29, 1.82) is 0 Å². The first-order valence-electron chi connectivity index (χ1n) is 16.4. The molecule has 16 heteroatoms. The molecule has 0 unspecified atom stereocenters. The number of likely N-dealkylation sites (tertiary alicyclic amines) is 1. The number of para-hydroxylation sites is 1. The minimum absolute atomic E-state index is 0.121. The molecule has 1 aliphatic carbocycles. The molecule has 2 fully saturated rings. The van der Waals surface area contributed by atoms with Crippen LogP contribution in [0.4, 0.5) is 22.0 Å². The van der Waals surface area contributed by atoms with Crippen molar-refractivity contribution in [2.75, 3.05) is 19.7 Å². The molecule has 1 amide bonds. The summed E-state index contributed by atoms with van der Waals surface area (Å²) in [6.07, 6.45) is 1.57. The molecule has 1 saturated heterocycles. The van der Waals surface area contributed by atoms with E-state index in [0.717, 1.165) is 25.0 Å². The van der Waals surface area contributed by atoms with Crippen LogP contribution in [0.1, 0.15) is 50.5 Å². The molecule has 4 N–H and O–H groups in total. The van der Waals surface area contributed by atoms with Crippen molar-refractivity contribution in [2.45, 2.75) is 74.0 Å². The van der Waals surface area contributed by atoms with Crippen molar-refractivity contribution in [3.63, 3.8) is 0 Å². The Morgan fingerprint density at radius 3 is 2.02 bits per heavy atom. The molecule has 3 aromatic rings. The number of nitrogens with one attached hydrogen (secondary N) is 1. The molecule has 0 aromatic heterocycles. The number of carbonyl (C=O) groups is 2. The third-order valence-electron chi connectivity index (χ3n) is 8.52. The number of aliphatic carboxylic acids is 1. The molecule has 1 aliphatic heterocycles. The van der Waals surface area contributed by atoms with E-state index in [1.165, 1.54) is 60.6 Å². The summed E-state index contributed by atoms with van der Waals surface area (Å²) in [5.74, 6) is -6.19. The molecule has 2 aliphatic rings. The molecule has 1 heterocycles. The Labute approximate surface area is 292 Å². The summed E-state index contributed by atoms with van der Waals surface area (Å²) in [6, 6.07) is 16.8. The number of sulfonamides is 1. The second-order valence-corrected chi connectivity index (χ2v) is 14.1. The van der Waals surface area contributed by atoms with Crippen LogP contribution in [-0.2, 0) is 25.5 Å². The number of nitrogens with two attached hydrogens (primary N) is 1. The fourth-order valence-corrected chi connectivity index (χ4v) is 6.84. The van der Waals surface area contributed by atoms with Crippen molar-refractivity contribution in [3.8, 4) is 17.2 Å². The summed E-state index contributed by atoms with van der Waals surface area (Å²) >= 11 is 0. The molecule has 10 nitrogen and oxygen atoms in total. The van der Waals surface area contributed by atoms with E-state index in [0.29, 0.717) is 36.9 Å². The molecule has 5 rings (SSSR count). The number of nitrogens with zero attached hydrogens (tertiary/aromatic N) is 1. The van der Waals surface area contributed by atoms with Gasteiger partial charge in [0.05, 0.1) is 11.5 Å². The molecular formula is C35H40F5N3O7S. The Balaban J connectivity index is 0.000000755. The first-order valence-corrected chi connectivity index (χ1v) is 17.9. The number of carboxylic acid groups (broad SMARTS) is 1. The Morgan fingerprint density at radius 1 is 0.843 bits per heavy atom. The number of hydrogen-bond donors (Lipinski definition) is 3. The largest absolute Gasteiger partial charge is 0.493 e. The van der Waals surface area contributed by atoms with E-state index < -0.39 is 45.6 Å². The van der Waals surface area contributed by atoms with Gasteiger partial charge in [-0.1, -0.05) is 49.6 Å². The predicted octanol–water partition coefficient (Wildman–Crippen LogP) is 6.46. The van der Waals surface area contributed by atoms with Crippen LogP contribution in [0, 0.1) is 5.92 Å². The summed E-state index contributed by atoms with van der Waals surface area (Å²) in [6.45, 7) is 0.844. The van der Waals surface area contributed by atoms with Gasteiger partial charge in [0.2, 0.25) is 15.9 Å². The molecule has 1 saturated carbocycles. The molecular weight excluding hydrogens is 701 g/mol. The topological polar surface area (TPSA) is 148 Å². The van der Waals surface area contributed by atoms with Crippen LogP contribution in [0.25, 0.3) is 0 Å². The number of carboxylic acids is 1. The molecule has 0 radical (unpaired) electrons. The van der Waals surface area contributed by atoms with Crippen molar-refractivity contribution >= 4 is 21.9 Å². The van der Waals surface area contributed by atoms with Crippen LogP contribution in [0.3, 0.4) is 0 Å². The third-order valence-corrected chi connectivity index (χ3v) is 9.96. The van der Waals surface area contributed by atoms with Gasteiger partial charge < -0.3 is 25.2 Å². The van der Waals surface area contributed by atoms with Crippen molar-refractivity contribution in [3.05, 3.63) is 84.4 Å². The maximum Gasteiger partial charge on any atom is 0.490 e. The van der Waals surface area contributed by atoms with Gasteiger partial charge in [0.15, 0.2) is 6.04 Å². The van der Waals surface area contributed by atoms with Crippen LogP contribution < -0.4 is 19.9 Å². The average Bonchev–Trinajstić information content (AvgIpc) is 3.11. The number of halogens is 5. The zero-order chi connectivity index (χ0) is 37.2. The molecule has 0 spiro atoms. The molecule has 0 bridgehead atoms. The smallest absolute Gasteiger partial charge is 0.490 e. The Bertz CT molecular complexity index is 1700. The number of hydrogen-bond acceptors (Lipinski definition) is 7. The van der Waals surface area contributed by atoms with E-state index >= 15 is 8.78 Å². The fraction of sp³-hybridized carbons (Fsp3) is 0.429. The van der Waals surface area contributed by atoms with E-state index in [2.05, 4.69) is 0 Å². The predicted molar refractivity (Wildman–Crippen MR) is 177 cm³/mol. The molecule has 1 atom stereocenters. The van der Waals surface area contributed by atoms with Gasteiger partial charge in [0, 0.05) is 24.7 Å². The van der Waals surface area contributed by atoms with Gasteiger partial charge in [-0.15, -0.1) is 0 Å². The molecule has 278 valence electrons. The first-order chi connectivity index (χ1) is 24.1. The van der Waals surface area contributed by atoms with Gasteiger partial charge in [-0.05, 0) is 80.1 Å². The lowest BCUT2D eigenvalue weighted by Crippen LogP contribution is -2.57. The lowest BCUT2D eigenvalue weighted by molar-refractivity contribution is -0.192. The zero-order valence-corrected chi connectivity index (χ0v) is 28.3. The monoisotopic (exact) mass is 741 g/mol. The van der Waals surface area contributed by atoms with Crippen LogP contribution in [0.5, 0.6) is 17.2 Å². The number of rotatable bonds is 11. The number of ether oxygens (including phenoxy) is 2. The standard InChI is InChI=1S/C33H39F2N3O5S.C2HF3O2/c34-33(35,25-10-7-13-29(22-25)43-28-11-5-2-6-12-28)31(32(39)38-20-18-26(36)19-21-38)37-44(40,41)30-16-14-27(15-17-30)42-23-24-8-3-1-4-9-24;3-2(4,5)1(6)7/h2,5-7,10-17,22,24,26,31,37H,1,3-4,8-9,18-21,23,36H2;(H,6,7)/t31-;/m1./s1. The van der Waals surface area contributed by atoms with Crippen molar-refractivity contribution in [1.82, 2.24) is 9.62 Å². The van der Waals surface area contributed by atoms with Crippen molar-refractivity contribution < 1.29 is 54.5 Å². The normalized spacial score (nSPS) is 16.8. The van der Waals surface area contributed by atoms with Gasteiger partial charge in [-0.3, -0.25) is 4.79 Å². The van der Waals surface area contributed by atoms with Crippen LogP contribution in [-0.4, -0.2) is 68.3 Å². The van der Waals surface area contributed by atoms with Crippen LogP contribution in [0.15, 0.2) is 83.8 Å². The second kappa shape index (κ2) is 17.3. The number of carbonyl (C=O) groups excluding carboxylic acids is 1. The van der Waals surface area contributed by atoms with E-state index in [4.69, 9.17) is 25.1 Å². The minimum atomic E-state index is -5.08. The van der Waals surface area contributed by atoms with Gasteiger partial charge in [-0.25, -0.2) is 13.2 Å². The lowest BCUT2D eigenvalue weighted by atomic mass is 9.90. The SMILES string of the molecule is NC1CCN(C(=O)[C@@H](NS(=O)(=O)c2ccc(OCC3CCCCC3)cc2)C(F)(F)c2cccc(Oc3ccccc3)c2)CC1.O=C(O)C(F)(F)F. The number of benzene rings is 3. The Kier molecular flexibility index (Phi) is 13.4. The van der Waals surface area contributed by atoms with Crippen LogP contribution in [0.2, 0.25) is 0 Å². The van der Waals surface area contributed by atoms with Gasteiger partial charge >= 0.3 is 12.1 Å². The van der Waals surface area contributed by atoms with E-state index in [9.17, 15) is 26.4 Å². The van der Waals surface area contributed by atoms with E-state index in [1.807, 2.05) is 4.72 Å². The molecule has 3 aromatic carbocycles. The number of amides is 1. The Morgan fingerprint density at radius 2 is 1.43 bits per heavy atom. The number of alkyl halides is 5. The second-order valence-electron chi connectivity index (χ2n) is 12.4. The summed E-state index contributed by atoms with van der Waals surface area (Å²) in [5.41, 5.74) is 5.40. The van der Waals surface area contributed by atoms with Gasteiger partial charge in [-0.2, -0.15) is 26.7 Å². The summed E-state index contributed by atoms with van der Waals surface area (Å²) in [4.78, 5) is 23.5. The Hall–Kier alpha value is -4.28. The fourth-order valence-electron chi connectivity index (χ4n) is 5.65. The summed E-state index contributed by atoms with van der Waals surface area (Å²) < 4.78 is 105. The highest BCUT2D eigenvalue weighted by molar-refractivity contribution is 7.89.